The van der Waals surface area contributed by atoms with Crippen LogP contribution >= 0.6 is 23.2 Å². The Morgan fingerprint density at radius 2 is 1.80 bits per heavy atom. The summed E-state index contributed by atoms with van der Waals surface area (Å²) in [6.45, 7) is -0.121. The Balaban J connectivity index is 2.21. The Morgan fingerprint density at radius 1 is 1.10 bits per heavy atom. The van der Waals surface area contributed by atoms with Gasteiger partial charge in [-0.25, -0.2) is 0 Å². The highest BCUT2D eigenvalue weighted by Crippen LogP contribution is 2.32. The lowest BCUT2D eigenvalue weighted by molar-refractivity contribution is -0.138. The van der Waals surface area contributed by atoms with Crippen LogP contribution < -0.4 is 5.32 Å². The summed E-state index contributed by atoms with van der Waals surface area (Å²) < 4.78 is 38.4. The van der Waals surface area contributed by atoms with E-state index in [0.29, 0.717) is 0 Å². The molecule has 0 aliphatic rings. The summed E-state index contributed by atoms with van der Waals surface area (Å²) in [6, 6.07) is 5.20. The molecule has 0 unspecified atom stereocenters. The fourth-order valence-electron chi connectivity index (χ4n) is 1.54. The molecule has 106 valence electrons. The van der Waals surface area contributed by atoms with Crippen molar-refractivity contribution < 1.29 is 13.2 Å². The van der Waals surface area contributed by atoms with Crippen LogP contribution in [0.5, 0.6) is 0 Å². The molecular formula is C11H7Cl2F3N4. The zero-order chi connectivity index (χ0) is 14.8. The third kappa shape index (κ3) is 3.49. The van der Waals surface area contributed by atoms with Gasteiger partial charge in [-0.05, 0) is 23.2 Å². The monoisotopic (exact) mass is 322 g/mol. The van der Waals surface area contributed by atoms with Crippen molar-refractivity contribution in [1.29, 1.82) is 0 Å². The number of benzene rings is 1. The largest absolute Gasteiger partial charge is 0.416 e. The Hall–Kier alpha value is -1.60. The molecule has 9 heteroatoms. The van der Waals surface area contributed by atoms with E-state index in [1.807, 2.05) is 0 Å². The maximum absolute atomic E-state index is 12.8. The lowest BCUT2D eigenvalue weighted by Crippen LogP contribution is -2.12. The molecule has 2 rings (SSSR count). The first-order valence-electron chi connectivity index (χ1n) is 5.32. The average molecular weight is 323 g/mol. The average Bonchev–Trinajstić information content (AvgIpc) is 2.39. The first-order chi connectivity index (χ1) is 9.38. The molecule has 4 nitrogen and oxygen atoms in total. The quantitative estimate of drug-likeness (QED) is 0.933. The highest BCUT2D eigenvalue weighted by Gasteiger charge is 2.32. The van der Waals surface area contributed by atoms with Crippen molar-refractivity contribution in [3.8, 4) is 0 Å². The Kier molecular flexibility index (Phi) is 4.29. The summed E-state index contributed by atoms with van der Waals surface area (Å²) in [6.07, 6.45) is -4.43. The summed E-state index contributed by atoms with van der Waals surface area (Å²) in [5.41, 5.74) is -0.664. The van der Waals surface area contributed by atoms with Crippen molar-refractivity contribution in [2.45, 2.75) is 12.7 Å². The van der Waals surface area contributed by atoms with Crippen molar-refractivity contribution in [2.75, 3.05) is 5.32 Å². The summed E-state index contributed by atoms with van der Waals surface area (Å²) in [4.78, 5) is 3.75. The van der Waals surface area contributed by atoms with Gasteiger partial charge in [-0.1, -0.05) is 29.8 Å². The zero-order valence-electron chi connectivity index (χ0n) is 9.75. The predicted octanol–water partition coefficient (Wildman–Crippen LogP) is 3.81. The van der Waals surface area contributed by atoms with Crippen LogP contribution in [0.2, 0.25) is 10.4 Å². The van der Waals surface area contributed by atoms with Gasteiger partial charge in [-0.15, -0.1) is 10.2 Å². The molecule has 0 aliphatic heterocycles. The van der Waals surface area contributed by atoms with Crippen LogP contribution in [-0.4, -0.2) is 15.2 Å². The molecule has 0 bridgehead atoms. The van der Waals surface area contributed by atoms with E-state index in [1.54, 1.807) is 0 Å². The third-order valence-electron chi connectivity index (χ3n) is 2.39. The molecule has 0 saturated carbocycles. The van der Waals surface area contributed by atoms with E-state index in [2.05, 4.69) is 20.5 Å². The third-order valence-corrected chi connectivity index (χ3v) is 2.80. The van der Waals surface area contributed by atoms with Crippen molar-refractivity contribution >= 4 is 29.0 Å². The first kappa shape index (κ1) is 14.8. The van der Waals surface area contributed by atoms with Gasteiger partial charge in [0.1, 0.15) is 0 Å². The van der Waals surface area contributed by atoms with Crippen LogP contribution in [0, 0.1) is 0 Å². The van der Waals surface area contributed by atoms with Crippen LogP contribution in [-0.2, 0) is 12.7 Å². The lowest BCUT2D eigenvalue weighted by Gasteiger charge is -2.13. The topological polar surface area (TPSA) is 50.7 Å². The van der Waals surface area contributed by atoms with Gasteiger partial charge in [0.25, 0.3) is 0 Å². The number of hydrogen-bond donors (Lipinski definition) is 1. The highest BCUT2D eigenvalue weighted by molar-refractivity contribution is 6.32. The Morgan fingerprint density at radius 3 is 2.50 bits per heavy atom. The number of hydrogen-bond acceptors (Lipinski definition) is 4. The maximum Gasteiger partial charge on any atom is 0.416 e. The van der Waals surface area contributed by atoms with Crippen LogP contribution in [0.25, 0.3) is 0 Å². The minimum absolute atomic E-state index is 0.0609. The van der Waals surface area contributed by atoms with Gasteiger partial charge in [-0.3, -0.25) is 0 Å². The molecule has 20 heavy (non-hydrogen) atoms. The molecule has 0 atom stereocenters. The number of anilines is 1. The minimum Gasteiger partial charge on any atom is -0.363 e. The molecule has 2 aromatic rings. The van der Waals surface area contributed by atoms with Gasteiger partial charge in [0.05, 0.1) is 5.56 Å². The second-order valence-electron chi connectivity index (χ2n) is 3.73. The van der Waals surface area contributed by atoms with Crippen LogP contribution in [0.4, 0.5) is 19.0 Å². The van der Waals surface area contributed by atoms with Crippen molar-refractivity contribution in [1.82, 2.24) is 15.2 Å². The summed E-state index contributed by atoms with van der Waals surface area (Å²) in [5, 5.41) is 9.33. The molecule has 0 fully saturated rings. The van der Waals surface area contributed by atoms with Crippen molar-refractivity contribution in [3.05, 3.63) is 45.8 Å². The SMILES string of the molecule is FC(F)(F)c1ccccc1CNc1nc(Cl)nnc1Cl. The van der Waals surface area contributed by atoms with Crippen LogP contribution in [0.1, 0.15) is 11.1 Å². The van der Waals surface area contributed by atoms with Crippen molar-refractivity contribution in [2.24, 2.45) is 0 Å². The zero-order valence-corrected chi connectivity index (χ0v) is 11.3. The Labute approximate surface area is 121 Å². The predicted molar refractivity (Wildman–Crippen MR) is 68.6 cm³/mol. The number of alkyl halides is 3. The van der Waals surface area contributed by atoms with Crippen molar-refractivity contribution in [3.63, 3.8) is 0 Å². The maximum atomic E-state index is 12.8. The second-order valence-corrected chi connectivity index (χ2v) is 4.42. The smallest absolute Gasteiger partial charge is 0.363 e. The minimum atomic E-state index is -4.43. The molecular weight excluding hydrogens is 316 g/mol. The number of rotatable bonds is 3. The molecule has 1 aromatic carbocycles. The highest BCUT2D eigenvalue weighted by atomic mass is 35.5. The molecule has 1 aromatic heterocycles. The van der Waals surface area contributed by atoms with Crippen LogP contribution in [0.3, 0.4) is 0 Å². The van der Waals surface area contributed by atoms with E-state index >= 15 is 0 Å². The van der Waals surface area contributed by atoms with Gasteiger partial charge in [0.2, 0.25) is 5.28 Å². The molecule has 0 radical (unpaired) electrons. The number of aromatic nitrogens is 3. The Bertz CT molecular complexity index is 619. The standard InChI is InChI=1S/C11H7Cl2F3N4/c12-8-9(18-10(13)20-19-8)17-5-6-3-1-2-4-7(6)11(14,15)16/h1-4H,5H2,(H,17,18,20). The fourth-order valence-corrected chi connectivity index (χ4v) is 1.80. The summed E-state index contributed by atoms with van der Waals surface area (Å²) >= 11 is 11.3. The number of halogens is 5. The molecule has 0 spiro atoms. The fraction of sp³-hybridized carbons (Fsp3) is 0.182. The summed E-state index contributed by atoms with van der Waals surface area (Å²) in [7, 11) is 0. The van der Waals surface area contributed by atoms with E-state index in [0.717, 1.165) is 6.07 Å². The van der Waals surface area contributed by atoms with Crippen LogP contribution in [0.15, 0.2) is 24.3 Å². The molecule has 0 aliphatic carbocycles. The van der Waals surface area contributed by atoms with E-state index in [1.165, 1.54) is 18.2 Å². The number of nitrogens with one attached hydrogen (secondary N) is 1. The van der Waals surface area contributed by atoms with Gasteiger partial charge in [-0.2, -0.15) is 18.2 Å². The lowest BCUT2D eigenvalue weighted by atomic mass is 10.1. The normalized spacial score (nSPS) is 11.4. The molecule has 1 N–H and O–H groups in total. The van der Waals surface area contributed by atoms with E-state index < -0.39 is 11.7 Å². The van der Waals surface area contributed by atoms with Gasteiger partial charge in [0, 0.05) is 6.54 Å². The molecule has 0 saturated heterocycles. The van der Waals surface area contributed by atoms with E-state index in [-0.39, 0.29) is 28.4 Å². The van der Waals surface area contributed by atoms with E-state index in [9.17, 15) is 13.2 Å². The summed E-state index contributed by atoms with van der Waals surface area (Å²) in [5.74, 6) is 0.0728. The first-order valence-corrected chi connectivity index (χ1v) is 6.08. The van der Waals surface area contributed by atoms with Gasteiger partial charge in [0.15, 0.2) is 11.0 Å². The van der Waals surface area contributed by atoms with Gasteiger partial charge >= 0.3 is 6.18 Å². The van der Waals surface area contributed by atoms with E-state index in [4.69, 9.17) is 23.2 Å². The molecule has 0 amide bonds. The van der Waals surface area contributed by atoms with Gasteiger partial charge < -0.3 is 5.32 Å². The molecule has 1 heterocycles. The number of nitrogens with zero attached hydrogens (tertiary/aromatic N) is 3. The second kappa shape index (κ2) is 5.80.